The van der Waals surface area contributed by atoms with Gasteiger partial charge in [0.25, 0.3) is 0 Å². The Labute approximate surface area is 186 Å². The number of hydrogen-bond acceptors (Lipinski definition) is 5. The summed E-state index contributed by atoms with van der Waals surface area (Å²) in [6.07, 6.45) is -0.722. The first-order valence-electron chi connectivity index (χ1n) is 9.37. The summed E-state index contributed by atoms with van der Waals surface area (Å²) in [7, 11) is -3.84. The van der Waals surface area contributed by atoms with Crippen molar-refractivity contribution in [2.45, 2.75) is 48.0 Å². The van der Waals surface area contributed by atoms with Crippen LogP contribution in [-0.4, -0.2) is 37.4 Å². The second-order valence-electron chi connectivity index (χ2n) is 8.32. The third-order valence-electron chi connectivity index (χ3n) is 5.03. The van der Waals surface area contributed by atoms with Gasteiger partial charge in [0.15, 0.2) is 9.84 Å². The Balaban J connectivity index is 2.03. The summed E-state index contributed by atoms with van der Waals surface area (Å²) in [5.41, 5.74) is 4.80. The topological polar surface area (TPSA) is 98.5 Å². The van der Waals surface area contributed by atoms with Gasteiger partial charge < -0.3 is 15.8 Å². The highest BCUT2D eigenvalue weighted by Crippen LogP contribution is 2.57. The van der Waals surface area contributed by atoms with E-state index in [2.05, 4.69) is 5.32 Å². The zero-order valence-electron chi connectivity index (χ0n) is 16.9. The van der Waals surface area contributed by atoms with E-state index >= 15 is 0 Å². The minimum atomic E-state index is -3.84. The number of carbonyl (C=O) groups is 1. The summed E-state index contributed by atoms with van der Waals surface area (Å²) in [4.78, 5) is 12.6. The number of halogens is 2. The molecule has 3 rings (SSSR count). The predicted molar refractivity (Wildman–Crippen MR) is 118 cm³/mol. The molecule has 0 bridgehead atoms. The summed E-state index contributed by atoms with van der Waals surface area (Å²) in [6, 6.07) is 12.8. The molecule has 0 aromatic heterocycles. The molecule has 1 amide bonds. The van der Waals surface area contributed by atoms with Crippen LogP contribution in [0.4, 0.5) is 4.79 Å². The van der Waals surface area contributed by atoms with Crippen molar-refractivity contribution < 1.29 is 17.9 Å². The Morgan fingerprint density at radius 1 is 1.07 bits per heavy atom. The van der Waals surface area contributed by atoms with Gasteiger partial charge in [-0.3, -0.25) is 0 Å². The quantitative estimate of drug-likeness (QED) is 0.683. The lowest BCUT2D eigenvalue weighted by atomic mass is 10.1. The number of benzene rings is 2. The molecular formula is C21H24Cl2N2O4S. The molecule has 2 aromatic carbocycles. The molecule has 162 valence electrons. The van der Waals surface area contributed by atoms with Crippen LogP contribution in [0.15, 0.2) is 53.4 Å². The average molecular weight is 471 g/mol. The number of hydrogen-bond donors (Lipinski definition) is 2. The van der Waals surface area contributed by atoms with Crippen LogP contribution in [0.2, 0.25) is 10.0 Å². The van der Waals surface area contributed by atoms with Gasteiger partial charge in [0.1, 0.15) is 10.9 Å². The molecule has 0 spiro atoms. The zero-order chi connectivity index (χ0) is 22.3. The molecule has 1 aliphatic rings. The third-order valence-corrected chi connectivity index (χ3v) is 7.83. The first-order chi connectivity index (χ1) is 13.9. The standard InChI is InChI=1S/C21H24Cl2N2O4S/c1-20(2,3)29-19(26)25-21(12-24)17(13-4-6-14(22)7-5-13)18(21)30(27,28)16-10-8-15(23)9-11-16/h4-11,17-18H,12,24H2,1-3H3,(H,25,26). The fourth-order valence-corrected chi connectivity index (χ4v) is 6.31. The molecule has 30 heavy (non-hydrogen) atoms. The maximum Gasteiger partial charge on any atom is 0.408 e. The van der Waals surface area contributed by atoms with Gasteiger partial charge in [0, 0.05) is 22.5 Å². The molecule has 1 fully saturated rings. The van der Waals surface area contributed by atoms with E-state index in [1.807, 2.05) is 0 Å². The molecule has 1 saturated carbocycles. The van der Waals surface area contributed by atoms with Crippen molar-refractivity contribution in [1.29, 1.82) is 0 Å². The van der Waals surface area contributed by atoms with Crippen molar-refractivity contribution in [2.75, 3.05) is 6.54 Å². The van der Waals surface area contributed by atoms with Gasteiger partial charge in [-0.25, -0.2) is 13.2 Å². The lowest BCUT2D eigenvalue weighted by Crippen LogP contribution is -2.49. The monoisotopic (exact) mass is 470 g/mol. The van der Waals surface area contributed by atoms with Crippen LogP contribution in [0.1, 0.15) is 32.3 Å². The smallest absolute Gasteiger partial charge is 0.408 e. The molecule has 3 unspecified atom stereocenters. The Hall–Kier alpha value is -1.80. The number of carbonyl (C=O) groups excluding carboxylic acids is 1. The molecule has 6 nitrogen and oxygen atoms in total. The molecular weight excluding hydrogens is 447 g/mol. The molecule has 3 atom stereocenters. The number of nitrogens with two attached hydrogens (primary N) is 1. The second-order valence-corrected chi connectivity index (χ2v) is 11.3. The van der Waals surface area contributed by atoms with E-state index in [0.717, 1.165) is 0 Å². The fraction of sp³-hybridized carbons (Fsp3) is 0.381. The van der Waals surface area contributed by atoms with E-state index in [1.54, 1.807) is 45.0 Å². The van der Waals surface area contributed by atoms with Crippen molar-refractivity contribution in [3.05, 3.63) is 64.1 Å². The molecule has 0 heterocycles. The summed E-state index contributed by atoms with van der Waals surface area (Å²) >= 11 is 11.9. The Kier molecular flexibility index (Phi) is 6.13. The van der Waals surface area contributed by atoms with Crippen molar-refractivity contribution in [1.82, 2.24) is 5.32 Å². The number of sulfone groups is 1. The van der Waals surface area contributed by atoms with Gasteiger partial charge in [-0.2, -0.15) is 0 Å². The molecule has 1 aliphatic carbocycles. The lowest BCUT2D eigenvalue weighted by molar-refractivity contribution is 0.0497. The van der Waals surface area contributed by atoms with E-state index in [0.29, 0.717) is 15.6 Å². The minimum Gasteiger partial charge on any atom is -0.444 e. The van der Waals surface area contributed by atoms with Gasteiger partial charge in [-0.15, -0.1) is 0 Å². The minimum absolute atomic E-state index is 0.0863. The number of rotatable bonds is 5. The highest BCUT2D eigenvalue weighted by atomic mass is 35.5. The van der Waals surface area contributed by atoms with Gasteiger partial charge in [-0.05, 0) is 62.7 Å². The summed E-state index contributed by atoms with van der Waals surface area (Å²) in [6.45, 7) is 5.10. The second kappa shape index (κ2) is 8.04. The van der Waals surface area contributed by atoms with Crippen LogP contribution in [0.5, 0.6) is 0 Å². The van der Waals surface area contributed by atoms with Crippen LogP contribution in [0.25, 0.3) is 0 Å². The first-order valence-corrected chi connectivity index (χ1v) is 11.7. The third kappa shape index (κ3) is 4.44. The highest BCUT2D eigenvalue weighted by Gasteiger charge is 2.71. The predicted octanol–water partition coefficient (Wildman–Crippen LogP) is 4.16. The van der Waals surface area contributed by atoms with Crippen LogP contribution < -0.4 is 11.1 Å². The maximum absolute atomic E-state index is 13.5. The maximum atomic E-state index is 13.5. The van der Waals surface area contributed by atoms with Crippen molar-refractivity contribution in [3.8, 4) is 0 Å². The Bertz CT molecular complexity index is 1030. The Morgan fingerprint density at radius 3 is 2.03 bits per heavy atom. The summed E-state index contributed by atoms with van der Waals surface area (Å²) < 4.78 is 32.3. The lowest BCUT2D eigenvalue weighted by Gasteiger charge is -2.24. The van der Waals surface area contributed by atoms with E-state index in [1.165, 1.54) is 24.3 Å². The molecule has 9 heteroatoms. The molecule has 0 radical (unpaired) electrons. The Morgan fingerprint density at radius 2 is 1.57 bits per heavy atom. The van der Waals surface area contributed by atoms with Crippen LogP contribution in [-0.2, 0) is 14.6 Å². The van der Waals surface area contributed by atoms with E-state index in [-0.39, 0.29) is 11.4 Å². The van der Waals surface area contributed by atoms with Crippen molar-refractivity contribution in [2.24, 2.45) is 5.73 Å². The van der Waals surface area contributed by atoms with Crippen LogP contribution in [0, 0.1) is 0 Å². The van der Waals surface area contributed by atoms with Gasteiger partial charge in [-0.1, -0.05) is 35.3 Å². The molecule has 3 N–H and O–H groups in total. The van der Waals surface area contributed by atoms with Gasteiger partial charge in [0.05, 0.1) is 10.4 Å². The number of nitrogens with one attached hydrogen (secondary N) is 1. The zero-order valence-corrected chi connectivity index (χ0v) is 19.2. The normalized spacial score (nSPS) is 23.7. The fourth-order valence-electron chi connectivity index (χ4n) is 3.71. The molecule has 0 aliphatic heterocycles. The van der Waals surface area contributed by atoms with Crippen molar-refractivity contribution >= 4 is 39.1 Å². The number of alkyl carbamates (subject to hydrolysis) is 1. The summed E-state index contributed by atoms with van der Waals surface area (Å²) in [5.74, 6) is -0.562. The van der Waals surface area contributed by atoms with Gasteiger partial charge >= 0.3 is 6.09 Å². The van der Waals surface area contributed by atoms with E-state index < -0.39 is 38.2 Å². The summed E-state index contributed by atoms with van der Waals surface area (Å²) in [5, 5.41) is 2.73. The SMILES string of the molecule is CC(C)(C)OC(=O)NC1(CN)C(c2ccc(Cl)cc2)C1S(=O)(=O)c1ccc(Cl)cc1. The van der Waals surface area contributed by atoms with E-state index in [9.17, 15) is 13.2 Å². The van der Waals surface area contributed by atoms with E-state index in [4.69, 9.17) is 33.7 Å². The van der Waals surface area contributed by atoms with Crippen LogP contribution >= 0.6 is 23.2 Å². The largest absolute Gasteiger partial charge is 0.444 e. The molecule has 0 saturated heterocycles. The average Bonchev–Trinajstić information content (AvgIpc) is 3.30. The van der Waals surface area contributed by atoms with Gasteiger partial charge in [0.2, 0.25) is 0 Å². The molecule has 2 aromatic rings. The van der Waals surface area contributed by atoms with Crippen LogP contribution in [0.3, 0.4) is 0 Å². The van der Waals surface area contributed by atoms with Crippen molar-refractivity contribution in [3.63, 3.8) is 0 Å². The highest BCUT2D eigenvalue weighted by molar-refractivity contribution is 7.92. The number of amides is 1. The number of ether oxygens (including phenoxy) is 1. The first kappa shape index (κ1) is 22.9.